The molecule has 288 valence electrons. The minimum atomic E-state index is -0.277. The van der Waals surface area contributed by atoms with E-state index >= 15 is 0 Å². The molecule has 6 nitrogen and oxygen atoms in total. The van der Waals surface area contributed by atoms with Gasteiger partial charge >= 0.3 is 0 Å². The molecule has 2 atom stereocenters. The van der Waals surface area contributed by atoms with E-state index in [1.807, 2.05) is 132 Å². The highest BCUT2D eigenvalue weighted by Crippen LogP contribution is 2.41. The number of nitrogens with zero attached hydrogens (tertiary/aromatic N) is 4. The van der Waals surface area contributed by atoms with Crippen molar-refractivity contribution >= 4 is 21.8 Å². The standard InChI is InChI=1S/C13H16N2O.C12H14N2O.C9H16.C5H12.3C2H6/c1-13(2,3)11-12(16)15(4)10-8-6-5-7-9(10)14-11;1-12(2,3)14-11(15)10-7-5-4-6-9(10)8-13-14;1-2-5-9-7-3-6-8(9)4-1;1-5(2,3)4;3*1-2/h5-8H,1-4H3;4-8H,1-3H3;8-9H,1-7H2;1-4H3;3*1-2H3. The van der Waals surface area contributed by atoms with E-state index < -0.39 is 0 Å². The number of rotatable bonds is 0. The van der Waals surface area contributed by atoms with Crippen LogP contribution >= 0.6 is 0 Å². The highest BCUT2D eigenvalue weighted by Gasteiger charge is 2.28. The first kappa shape index (κ1) is 47.7. The molecule has 0 saturated heterocycles. The van der Waals surface area contributed by atoms with E-state index in [9.17, 15) is 9.59 Å². The van der Waals surface area contributed by atoms with Crippen LogP contribution in [-0.4, -0.2) is 19.3 Å². The SMILES string of the molecule is C1CCC2CCCC2C1.CC.CC.CC.CC(C)(C)C.CC(C)(C)n1ncc2ccccc2c1=O.Cn1c(=O)c(C(C)(C)C)nc2ccccc21. The van der Waals surface area contributed by atoms with Crippen molar-refractivity contribution < 1.29 is 0 Å². The summed E-state index contributed by atoms with van der Waals surface area (Å²) in [4.78, 5) is 28.7. The molecular formula is C45H76N4O2. The zero-order valence-electron chi connectivity index (χ0n) is 35.9. The van der Waals surface area contributed by atoms with Crippen LogP contribution in [0.15, 0.2) is 64.3 Å². The topological polar surface area (TPSA) is 69.8 Å². The second-order valence-electron chi connectivity index (χ2n) is 16.4. The van der Waals surface area contributed by atoms with E-state index in [-0.39, 0.29) is 22.1 Å². The van der Waals surface area contributed by atoms with Crippen molar-refractivity contribution in [3.8, 4) is 0 Å². The quantitative estimate of drug-likeness (QED) is 0.183. The third kappa shape index (κ3) is 15.9. The molecule has 0 N–H and O–H groups in total. The number of hydrogen-bond acceptors (Lipinski definition) is 4. The van der Waals surface area contributed by atoms with Gasteiger partial charge in [0.15, 0.2) is 0 Å². The lowest BCUT2D eigenvalue weighted by Crippen LogP contribution is -2.35. The Morgan fingerprint density at radius 2 is 1.08 bits per heavy atom. The molecule has 0 aliphatic heterocycles. The molecular weight excluding hydrogens is 629 g/mol. The first-order valence-corrected chi connectivity index (χ1v) is 19.8. The van der Waals surface area contributed by atoms with Crippen molar-refractivity contribution in [2.45, 2.75) is 167 Å². The molecule has 2 fully saturated rings. The van der Waals surface area contributed by atoms with Gasteiger partial charge in [0.25, 0.3) is 11.1 Å². The van der Waals surface area contributed by atoms with Gasteiger partial charge in [-0.1, -0.05) is 165 Å². The first-order chi connectivity index (χ1) is 23.9. The zero-order valence-corrected chi connectivity index (χ0v) is 35.9. The monoisotopic (exact) mass is 705 g/mol. The summed E-state index contributed by atoms with van der Waals surface area (Å²) in [6.45, 7) is 32.7. The lowest BCUT2D eigenvalue weighted by atomic mass is 9.82. The lowest BCUT2D eigenvalue weighted by Gasteiger charge is -2.24. The van der Waals surface area contributed by atoms with Crippen LogP contribution in [0.25, 0.3) is 21.8 Å². The van der Waals surface area contributed by atoms with Crippen LogP contribution in [0.1, 0.15) is 161 Å². The van der Waals surface area contributed by atoms with E-state index in [4.69, 9.17) is 0 Å². The van der Waals surface area contributed by atoms with Crippen LogP contribution in [0, 0.1) is 17.3 Å². The summed E-state index contributed by atoms with van der Waals surface area (Å²) in [6, 6.07) is 15.2. The summed E-state index contributed by atoms with van der Waals surface area (Å²) in [6.07, 6.45) is 12.6. The highest BCUT2D eigenvalue weighted by molar-refractivity contribution is 5.80. The first-order valence-electron chi connectivity index (χ1n) is 19.8. The Hall–Kier alpha value is -3.28. The Bertz CT molecular complexity index is 1640. The van der Waals surface area contributed by atoms with Crippen molar-refractivity contribution in [1.29, 1.82) is 0 Å². The van der Waals surface area contributed by atoms with Gasteiger partial charge in [-0.15, -0.1) is 0 Å². The molecule has 0 bridgehead atoms. The number of fused-ring (bicyclic) bond motifs is 3. The normalized spacial score (nSPS) is 16.3. The number of hydrogen-bond donors (Lipinski definition) is 0. The van der Waals surface area contributed by atoms with Crippen LogP contribution in [0.4, 0.5) is 0 Å². The van der Waals surface area contributed by atoms with Crippen molar-refractivity contribution in [3.05, 3.63) is 81.1 Å². The zero-order chi connectivity index (χ0) is 39.6. The molecule has 2 aliphatic carbocycles. The van der Waals surface area contributed by atoms with Crippen molar-refractivity contribution in [3.63, 3.8) is 0 Å². The van der Waals surface area contributed by atoms with Crippen LogP contribution in [-0.2, 0) is 18.0 Å². The maximum atomic E-state index is 12.1. The van der Waals surface area contributed by atoms with Gasteiger partial charge in [-0.25, -0.2) is 9.67 Å². The molecule has 6 rings (SSSR count). The van der Waals surface area contributed by atoms with E-state index in [1.165, 1.54) is 35.8 Å². The molecule has 2 saturated carbocycles. The summed E-state index contributed by atoms with van der Waals surface area (Å²) >= 11 is 0. The molecule has 0 radical (unpaired) electrons. The van der Waals surface area contributed by atoms with Crippen molar-refractivity contribution in [2.24, 2.45) is 24.3 Å². The van der Waals surface area contributed by atoms with Gasteiger partial charge < -0.3 is 4.57 Å². The predicted octanol–water partition coefficient (Wildman–Crippen LogP) is 12.5. The van der Waals surface area contributed by atoms with E-state index in [2.05, 4.69) is 37.8 Å². The Morgan fingerprint density at radius 1 is 0.627 bits per heavy atom. The molecule has 2 aromatic heterocycles. The predicted molar refractivity (Wildman–Crippen MR) is 225 cm³/mol. The van der Waals surface area contributed by atoms with Gasteiger partial charge in [0.1, 0.15) is 5.69 Å². The second kappa shape index (κ2) is 22.6. The lowest BCUT2D eigenvalue weighted by molar-refractivity contribution is 0.277. The number of aryl methyl sites for hydroxylation is 1. The average molecular weight is 705 g/mol. The Morgan fingerprint density at radius 3 is 1.57 bits per heavy atom. The average Bonchev–Trinajstić information content (AvgIpc) is 3.57. The fourth-order valence-corrected chi connectivity index (χ4v) is 6.02. The molecule has 2 aromatic carbocycles. The van der Waals surface area contributed by atoms with Gasteiger partial charge in [0.05, 0.1) is 28.2 Å². The van der Waals surface area contributed by atoms with Crippen LogP contribution in [0.2, 0.25) is 0 Å². The number of para-hydroxylation sites is 2. The molecule has 0 amide bonds. The minimum Gasteiger partial charge on any atom is -0.308 e. The van der Waals surface area contributed by atoms with Gasteiger partial charge in [-0.2, -0.15) is 5.10 Å². The molecule has 2 heterocycles. The van der Waals surface area contributed by atoms with E-state index in [0.717, 1.165) is 21.8 Å². The molecule has 2 aliphatic rings. The Kier molecular flexibility index (Phi) is 21.2. The highest BCUT2D eigenvalue weighted by atomic mass is 16.1. The Balaban J connectivity index is 0.000000658. The fraction of sp³-hybridized carbons (Fsp3) is 0.644. The van der Waals surface area contributed by atoms with E-state index in [0.29, 0.717) is 11.1 Å². The smallest absolute Gasteiger partial charge is 0.275 e. The van der Waals surface area contributed by atoms with Crippen LogP contribution in [0.5, 0.6) is 0 Å². The molecule has 6 heteroatoms. The summed E-state index contributed by atoms with van der Waals surface area (Å²) in [5.41, 5.74) is 2.33. The minimum absolute atomic E-state index is 0.00815. The maximum absolute atomic E-state index is 12.1. The summed E-state index contributed by atoms with van der Waals surface area (Å²) in [5, 5.41) is 5.80. The van der Waals surface area contributed by atoms with E-state index in [1.54, 1.807) is 43.5 Å². The number of aromatic nitrogens is 4. The summed E-state index contributed by atoms with van der Waals surface area (Å²) in [5.74, 6) is 2.33. The molecule has 2 unspecified atom stereocenters. The van der Waals surface area contributed by atoms with Gasteiger partial charge in [-0.3, -0.25) is 9.59 Å². The number of benzene rings is 2. The maximum Gasteiger partial charge on any atom is 0.275 e. The van der Waals surface area contributed by atoms with Gasteiger partial charge in [-0.05, 0) is 56.2 Å². The van der Waals surface area contributed by atoms with Crippen LogP contribution in [0.3, 0.4) is 0 Å². The third-order valence-corrected chi connectivity index (χ3v) is 8.24. The second-order valence-corrected chi connectivity index (χ2v) is 16.4. The largest absolute Gasteiger partial charge is 0.308 e. The summed E-state index contributed by atoms with van der Waals surface area (Å²) < 4.78 is 3.19. The molecule has 0 spiro atoms. The molecule has 51 heavy (non-hydrogen) atoms. The van der Waals surface area contributed by atoms with Gasteiger partial charge in [0, 0.05) is 17.8 Å². The third-order valence-electron chi connectivity index (χ3n) is 8.24. The fourth-order valence-electron chi connectivity index (χ4n) is 6.02. The van der Waals surface area contributed by atoms with Crippen molar-refractivity contribution in [2.75, 3.05) is 0 Å². The van der Waals surface area contributed by atoms with Gasteiger partial charge in [0.2, 0.25) is 0 Å². The molecule has 4 aromatic rings. The summed E-state index contributed by atoms with van der Waals surface area (Å²) in [7, 11) is 1.79. The Labute approximate surface area is 312 Å². The van der Waals surface area contributed by atoms with Crippen LogP contribution < -0.4 is 11.1 Å². The van der Waals surface area contributed by atoms with Crippen molar-refractivity contribution in [1.82, 2.24) is 19.3 Å².